The topological polar surface area (TPSA) is 128 Å². The molecule has 1 rings (SSSR count). The number of carbonyl (C=O) groups excluding carboxylic acids is 3. The lowest BCUT2D eigenvalue weighted by Gasteiger charge is -2.23. The molecule has 2 atom stereocenters. The van der Waals surface area contributed by atoms with Crippen molar-refractivity contribution in [1.82, 2.24) is 10.2 Å². The van der Waals surface area contributed by atoms with Crippen molar-refractivity contribution in [3.05, 3.63) is 0 Å². The molecule has 2 amide bonds. The van der Waals surface area contributed by atoms with Crippen molar-refractivity contribution in [1.29, 1.82) is 0 Å². The average Bonchev–Trinajstić information content (AvgIpc) is 2.72. The summed E-state index contributed by atoms with van der Waals surface area (Å²) in [6.07, 6.45) is -1.29. The third kappa shape index (κ3) is 6.86. The number of ether oxygens (including phenoxy) is 2. The van der Waals surface area contributed by atoms with Crippen molar-refractivity contribution in [3.63, 3.8) is 0 Å². The highest BCUT2D eigenvalue weighted by Gasteiger charge is 2.45. The number of amides is 2. The van der Waals surface area contributed by atoms with E-state index in [0.717, 1.165) is 18.3 Å². The van der Waals surface area contributed by atoms with E-state index >= 15 is 0 Å². The molecular formula is C14H24N2O8S. The maximum Gasteiger partial charge on any atom is 0.407 e. The van der Waals surface area contributed by atoms with Crippen molar-refractivity contribution in [2.75, 3.05) is 26.5 Å². The van der Waals surface area contributed by atoms with Crippen LogP contribution < -0.4 is 5.32 Å². The molecule has 0 bridgehead atoms. The van der Waals surface area contributed by atoms with Gasteiger partial charge in [-0.25, -0.2) is 9.59 Å². The van der Waals surface area contributed by atoms with Gasteiger partial charge >= 0.3 is 12.1 Å². The van der Waals surface area contributed by atoms with E-state index < -0.39 is 45.8 Å². The molecule has 0 saturated carbocycles. The molecule has 1 aliphatic heterocycles. The second kappa shape index (κ2) is 8.00. The monoisotopic (exact) mass is 380 g/mol. The van der Waals surface area contributed by atoms with Gasteiger partial charge in [-0.3, -0.25) is 8.98 Å². The Morgan fingerprint density at radius 3 is 2.40 bits per heavy atom. The van der Waals surface area contributed by atoms with E-state index in [1.165, 1.54) is 0 Å². The summed E-state index contributed by atoms with van der Waals surface area (Å²) < 4.78 is 36.9. The molecule has 1 aliphatic rings. The van der Waals surface area contributed by atoms with Crippen LogP contribution in [-0.2, 0) is 33.4 Å². The zero-order valence-electron chi connectivity index (χ0n) is 14.9. The van der Waals surface area contributed by atoms with Gasteiger partial charge in [0, 0.05) is 19.5 Å². The summed E-state index contributed by atoms with van der Waals surface area (Å²) >= 11 is 0. The fourth-order valence-electron chi connectivity index (χ4n) is 2.28. The summed E-state index contributed by atoms with van der Waals surface area (Å²) in [5, 5.41) is 2.46. The second-order valence-corrected chi connectivity index (χ2v) is 8.12. The fourth-order valence-corrected chi connectivity index (χ4v) is 2.86. The Morgan fingerprint density at radius 1 is 1.32 bits per heavy atom. The van der Waals surface area contributed by atoms with Crippen molar-refractivity contribution in [2.24, 2.45) is 0 Å². The van der Waals surface area contributed by atoms with Crippen LogP contribution in [-0.4, -0.2) is 75.5 Å². The van der Waals surface area contributed by atoms with Crippen LogP contribution in [0.5, 0.6) is 0 Å². The Balaban J connectivity index is 2.71. The summed E-state index contributed by atoms with van der Waals surface area (Å²) in [4.78, 5) is 36.9. The van der Waals surface area contributed by atoms with Crippen LogP contribution in [0.2, 0.25) is 0 Å². The van der Waals surface area contributed by atoms with Crippen LogP contribution in [0.1, 0.15) is 27.2 Å². The number of likely N-dealkylation sites (tertiary alicyclic amines) is 1. The van der Waals surface area contributed by atoms with Gasteiger partial charge in [0.1, 0.15) is 11.6 Å². The Bertz CT molecular complexity index is 625. The maximum atomic E-state index is 12.3. The molecular weight excluding hydrogens is 356 g/mol. The predicted octanol–water partition coefficient (Wildman–Crippen LogP) is -0.370. The number of hydrogen-bond donors (Lipinski definition) is 1. The standard InChI is InChI=1S/C14H24N2O8S/c1-14(2,3)23-13(19)15-6-7-16-9(12(18)22-4)8-10(11(16)17)24-25(5,20)21/h9-10H,6-8H2,1-5H3,(H,15,19)/t9-,10+/m0/s1. The number of nitrogens with one attached hydrogen (secondary N) is 1. The lowest BCUT2D eigenvalue weighted by atomic mass is 10.2. The highest BCUT2D eigenvalue weighted by atomic mass is 32.2. The Labute approximate surface area is 146 Å². The SMILES string of the molecule is COC(=O)[C@@H]1C[C@@H](OS(C)(=O)=O)C(=O)N1CCNC(=O)OC(C)(C)C. The molecule has 144 valence electrons. The first-order valence-corrected chi connectivity index (χ1v) is 9.39. The van der Waals surface area contributed by atoms with Crippen LogP contribution in [0.15, 0.2) is 0 Å². The molecule has 1 fully saturated rings. The zero-order valence-corrected chi connectivity index (χ0v) is 15.7. The molecule has 0 unspecified atom stereocenters. The van der Waals surface area contributed by atoms with E-state index in [9.17, 15) is 22.8 Å². The van der Waals surface area contributed by atoms with Gasteiger partial charge in [-0.1, -0.05) is 0 Å². The Hall–Kier alpha value is -1.88. The predicted molar refractivity (Wildman–Crippen MR) is 86.1 cm³/mol. The van der Waals surface area contributed by atoms with Gasteiger partial charge in [-0.15, -0.1) is 0 Å². The summed E-state index contributed by atoms with van der Waals surface area (Å²) in [5.74, 6) is -1.35. The van der Waals surface area contributed by atoms with Gasteiger partial charge in [-0.2, -0.15) is 8.42 Å². The molecule has 0 radical (unpaired) electrons. The summed E-state index contributed by atoms with van der Waals surface area (Å²) in [6.45, 7) is 5.10. The van der Waals surface area contributed by atoms with Gasteiger partial charge in [0.2, 0.25) is 0 Å². The Morgan fingerprint density at radius 2 is 1.92 bits per heavy atom. The molecule has 10 nitrogen and oxygen atoms in total. The number of carbonyl (C=O) groups is 3. The van der Waals surface area contributed by atoms with Crippen molar-refractivity contribution >= 4 is 28.1 Å². The number of alkyl carbamates (subject to hydrolysis) is 1. The minimum Gasteiger partial charge on any atom is -0.467 e. The van der Waals surface area contributed by atoms with Gasteiger partial charge in [0.25, 0.3) is 16.0 Å². The highest BCUT2D eigenvalue weighted by molar-refractivity contribution is 7.86. The lowest BCUT2D eigenvalue weighted by molar-refractivity contribution is -0.149. The molecule has 0 spiro atoms. The second-order valence-electron chi connectivity index (χ2n) is 6.52. The molecule has 0 aromatic rings. The normalized spacial score (nSPS) is 21.2. The van der Waals surface area contributed by atoms with E-state index in [1.54, 1.807) is 20.8 Å². The van der Waals surface area contributed by atoms with Crippen LogP contribution in [0, 0.1) is 0 Å². The molecule has 0 aromatic carbocycles. The number of nitrogens with zero attached hydrogens (tertiary/aromatic N) is 1. The first-order valence-electron chi connectivity index (χ1n) is 7.57. The molecule has 1 N–H and O–H groups in total. The largest absolute Gasteiger partial charge is 0.467 e. The number of rotatable bonds is 6. The first kappa shape index (κ1) is 21.2. The minimum absolute atomic E-state index is 0.0136. The maximum absolute atomic E-state index is 12.3. The molecule has 1 heterocycles. The van der Waals surface area contributed by atoms with Crippen LogP contribution in [0.4, 0.5) is 4.79 Å². The molecule has 1 saturated heterocycles. The summed E-state index contributed by atoms with van der Waals surface area (Å²) in [5.41, 5.74) is -0.670. The zero-order chi connectivity index (χ0) is 19.4. The van der Waals surface area contributed by atoms with Crippen LogP contribution in [0.25, 0.3) is 0 Å². The quantitative estimate of drug-likeness (QED) is 0.488. The van der Waals surface area contributed by atoms with E-state index in [-0.39, 0.29) is 19.5 Å². The third-order valence-electron chi connectivity index (χ3n) is 3.16. The molecule has 25 heavy (non-hydrogen) atoms. The summed E-state index contributed by atoms with van der Waals surface area (Å²) in [6, 6.07) is -0.982. The molecule has 0 aromatic heterocycles. The van der Waals surface area contributed by atoms with E-state index in [1.807, 2.05) is 0 Å². The highest BCUT2D eigenvalue weighted by Crippen LogP contribution is 2.23. The number of hydrogen-bond acceptors (Lipinski definition) is 8. The first-order chi connectivity index (χ1) is 11.3. The smallest absolute Gasteiger partial charge is 0.407 e. The van der Waals surface area contributed by atoms with Gasteiger partial charge < -0.3 is 19.7 Å². The van der Waals surface area contributed by atoms with Crippen LogP contribution >= 0.6 is 0 Å². The molecule has 11 heteroatoms. The minimum atomic E-state index is -3.86. The fraction of sp³-hybridized carbons (Fsp3) is 0.786. The van der Waals surface area contributed by atoms with Crippen molar-refractivity contribution < 1.29 is 36.5 Å². The van der Waals surface area contributed by atoms with Gasteiger partial charge in [0.05, 0.1) is 13.4 Å². The third-order valence-corrected chi connectivity index (χ3v) is 3.74. The van der Waals surface area contributed by atoms with E-state index in [2.05, 4.69) is 10.1 Å². The number of esters is 1. The van der Waals surface area contributed by atoms with Crippen molar-refractivity contribution in [3.8, 4) is 0 Å². The van der Waals surface area contributed by atoms with E-state index in [4.69, 9.17) is 8.92 Å². The van der Waals surface area contributed by atoms with Gasteiger partial charge in [0.15, 0.2) is 6.10 Å². The Kier molecular flexibility index (Phi) is 6.77. The van der Waals surface area contributed by atoms with Gasteiger partial charge in [-0.05, 0) is 20.8 Å². The number of methoxy groups -OCH3 is 1. The van der Waals surface area contributed by atoms with E-state index in [0.29, 0.717) is 0 Å². The lowest BCUT2D eigenvalue weighted by Crippen LogP contribution is -2.45. The average molecular weight is 380 g/mol. The summed E-state index contributed by atoms with van der Waals surface area (Å²) in [7, 11) is -2.70. The van der Waals surface area contributed by atoms with Crippen LogP contribution in [0.3, 0.4) is 0 Å². The van der Waals surface area contributed by atoms with Crippen molar-refractivity contribution in [2.45, 2.75) is 44.9 Å². The molecule has 0 aliphatic carbocycles.